The Morgan fingerprint density at radius 3 is 2.65 bits per heavy atom. The Bertz CT molecular complexity index is 522. The number of benzene rings is 2. The molecule has 17 heavy (non-hydrogen) atoms. The molecule has 0 bridgehead atoms. The highest BCUT2D eigenvalue weighted by molar-refractivity contribution is 9.10. The first-order chi connectivity index (χ1) is 8.34. The highest BCUT2D eigenvalue weighted by atomic mass is 79.9. The number of rotatable bonds is 2. The van der Waals surface area contributed by atoms with Gasteiger partial charge in [-0.3, -0.25) is 0 Å². The fourth-order valence-electron chi connectivity index (χ4n) is 2.50. The van der Waals surface area contributed by atoms with Crippen molar-refractivity contribution in [3.05, 3.63) is 64.1 Å². The Kier molecular flexibility index (Phi) is 2.89. The predicted octanol–water partition coefficient (Wildman–Crippen LogP) is 4.55. The summed E-state index contributed by atoms with van der Waals surface area (Å²) in [6.45, 7) is 0. The Morgan fingerprint density at radius 2 is 1.82 bits per heavy atom. The van der Waals surface area contributed by atoms with Crippen LogP contribution in [0.5, 0.6) is 0 Å². The maximum Gasteiger partial charge on any atom is 0.0520 e. The highest BCUT2D eigenvalue weighted by Gasteiger charge is 2.23. The van der Waals surface area contributed by atoms with Gasteiger partial charge in [0.15, 0.2) is 0 Å². The fraction of sp³-hybridized carbons (Fsp3) is 0.200. The zero-order valence-corrected chi connectivity index (χ0v) is 11.1. The van der Waals surface area contributed by atoms with Crippen molar-refractivity contribution in [1.82, 2.24) is 0 Å². The van der Waals surface area contributed by atoms with Gasteiger partial charge in [0.05, 0.1) is 6.04 Å². The van der Waals surface area contributed by atoms with E-state index in [4.69, 9.17) is 0 Å². The van der Waals surface area contributed by atoms with Crippen molar-refractivity contribution >= 4 is 21.6 Å². The SMILES string of the molecule is Brc1cccc2c1CCC2Nc1ccccc1. The van der Waals surface area contributed by atoms with E-state index < -0.39 is 0 Å². The standard InChI is InChI=1S/C15H14BrN/c16-14-8-4-7-13-12(14)9-10-15(13)17-11-5-2-1-3-6-11/h1-8,15,17H,9-10H2. The maximum atomic E-state index is 3.63. The van der Waals surface area contributed by atoms with Gasteiger partial charge in [-0.15, -0.1) is 0 Å². The quantitative estimate of drug-likeness (QED) is 0.855. The van der Waals surface area contributed by atoms with Crippen molar-refractivity contribution in [2.75, 3.05) is 5.32 Å². The van der Waals surface area contributed by atoms with E-state index in [2.05, 4.69) is 63.7 Å². The lowest BCUT2D eigenvalue weighted by atomic mass is 10.1. The number of anilines is 1. The van der Waals surface area contributed by atoms with Gasteiger partial charge in [-0.25, -0.2) is 0 Å². The van der Waals surface area contributed by atoms with E-state index >= 15 is 0 Å². The van der Waals surface area contributed by atoms with Crippen LogP contribution in [0.25, 0.3) is 0 Å². The van der Waals surface area contributed by atoms with Crippen LogP contribution in [-0.4, -0.2) is 0 Å². The Labute approximate surface area is 110 Å². The van der Waals surface area contributed by atoms with Crippen LogP contribution in [0, 0.1) is 0 Å². The zero-order valence-electron chi connectivity index (χ0n) is 9.49. The van der Waals surface area contributed by atoms with Gasteiger partial charge in [-0.2, -0.15) is 0 Å². The number of hydrogen-bond donors (Lipinski definition) is 1. The summed E-state index contributed by atoms with van der Waals surface area (Å²) in [5.74, 6) is 0. The average Bonchev–Trinajstić information content (AvgIpc) is 2.76. The number of halogens is 1. The summed E-state index contributed by atoms with van der Waals surface area (Å²) in [6, 6.07) is 17.4. The van der Waals surface area contributed by atoms with Crippen LogP contribution in [0.15, 0.2) is 53.0 Å². The second-order valence-electron chi connectivity index (χ2n) is 4.41. The monoisotopic (exact) mass is 287 g/mol. The molecule has 1 aliphatic carbocycles. The normalized spacial score (nSPS) is 17.8. The second kappa shape index (κ2) is 4.53. The molecule has 1 N–H and O–H groups in total. The molecule has 2 aromatic rings. The average molecular weight is 288 g/mol. The van der Waals surface area contributed by atoms with Crippen LogP contribution >= 0.6 is 15.9 Å². The lowest BCUT2D eigenvalue weighted by Crippen LogP contribution is -2.06. The summed E-state index contributed by atoms with van der Waals surface area (Å²) in [4.78, 5) is 0. The number of para-hydroxylation sites is 1. The Morgan fingerprint density at radius 1 is 1.00 bits per heavy atom. The lowest BCUT2D eigenvalue weighted by molar-refractivity contribution is 0.762. The van der Waals surface area contributed by atoms with Gasteiger partial charge in [-0.1, -0.05) is 46.3 Å². The smallest absolute Gasteiger partial charge is 0.0520 e. The van der Waals surface area contributed by atoms with Gasteiger partial charge in [0, 0.05) is 10.2 Å². The van der Waals surface area contributed by atoms with Crippen molar-refractivity contribution in [3.63, 3.8) is 0 Å². The van der Waals surface area contributed by atoms with Crippen LogP contribution < -0.4 is 5.32 Å². The molecule has 1 aliphatic rings. The van der Waals surface area contributed by atoms with Crippen LogP contribution in [0.4, 0.5) is 5.69 Å². The highest BCUT2D eigenvalue weighted by Crippen LogP contribution is 2.37. The third kappa shape index (κ3) is 2.09. The van der Waals surface area contributed by atoms with E-state index in [1.54, 1.807) is 0 Å². The molecule has 1 nitrogen and oxygen atoms in total. The summed E-state index contributed by atoms with van der Waals surface area (Å²) in [5, 5.41) is 3.60. The van der Waals surface area contributed by atoms with Crippen LogP contribution in [0.1, 0.15) is 23.6 Å². The maximum absolute atomic E-state index is 3.63. The molecule has 1 unspecified atom stereocenters. The van der Waals surface area contributed by atoms with E-state index in [0.29, 0.717) is 6.04 Å². The van der Waals surface area contributed by atoms with Crippen molar-refractivity contribution in [2.45, 2.75) is 18.9 Å². The number of hydrogen-bond acceptors (Lipinski definition) is 1. The van der Waals surface area contributed by atoms with Gasteiger partial charge in [-0.05, 0) is 42.2 Å². The Balaban J connectivity index is 1.87. The number of fused-ring (bicyclic) bond motifs is 1. The first kappa shape index (κ1) is 10.8. The third-order valence-corrected chi connectivity index (χ3v) is 4.07. The predicted molar refractivity (Wildman–Crippen MR) is 75.3 cm³/mol. The fourth-order valence-corrected chi connectivity index (χ4v) is 3.07. The van der Waals surface area contributed by atoms with E-state index in [9.17, 15) is 0 Å². The molecule has 1 atom stereocenters. The molecule has 0 heterocycles. The van der Waals surface area contributed by atoms with Crippen LogP contribution in [-0.2, 0) is 6.42 Å². The molecular weight excluding hydrogens is 274 g/mol. The molecule has 2 aromatic carbocycles. The van der Waals surface area contributed by atoms with Crippen molar-refractivity contribution in [3.8, 4) is 0 Å². The van der Waals surface area contributed by atoms with Crippen molar-refractivity contribution in [1.29, 1.82) is 0 Å². The summed E-state index contributed by atoms with van der Waals surface area (Å²) in [5.41, 5.74) is 4.09. The van der Waals surface area contributed by atoms with E-state index in [1.807, 2.05) is 6.07 Å². The third-order valence-electron chi connectivity index (χ3n) is 3.33. The molecule has 2 heteroatoms. The summed E-state index contributed by atoms with van der Waals surface area (Å²) in [6.07, 6.45) is 2.33. The molecule has 0 saturated carbocycles. The molecule has 0 spiro atoms. The Hall–Kier alpha value is -1.28. The van der Waals surface area contributed by atoms with Crippen molar-refractivity contribution in [2.24, 2.45) is 0 Å². The summed E-state index contributed by atoms with van der Waals surface area (Å²) >= 11 is 3.63. The first-order valence-corrected chi connectivity index (χ1v) is 6.73. The van der Waals surface area contributed by atoms with Crippen LogP contribution in [0.3, 0.4) is 0 Å². The minimum atomic E-state index is 0.449. The van der Waals surface area contributed by atoms with Gasteiger partial charge in [0.1, 0.15) is 0 Å². The molecule has 0 amide bonds. The largest absolute Gasteiger partial charge is 0.378 e. The molecular formula is C15H14BrN. The molecule has 0 fully saturated rings. The first-order valence-electron chi connectivity index (χ1n) is 5.93. The summed E-state index contributed by atoms with van der Waals surface area (Å²) in [7, 11) is 0. The van der Waals surface area contributed by atoms with Gasteiger partial charge >= 0.3 is 0 Å². The van der Waals surface area contributed by atoms with E-state index in [0.717, 1.165) is 6.42 Å². The minimum Gasteiger partial charge on any atom is -0.378 e. The lowest BCUT2D eigenvalue weighted by Gasteiger charge is -2.15. The molecule has 0 saturated heterocycles. The minimum absolute atomic E-state index is 0.449. The van der Waals surface area contributed by atoms with Crippen molar-refractivity contribution < 1.29 is 0 Å². The summed E-state index contributed by atoms with van der Waals surface area (Å²) < 4.78 is 1.24. The molecule has 86 valence electrons. The molecule has 0 radical (unpaired) electrons. The second-order valence-corrected chi connectivity index (χ2v) is 5.26. The topological polar surface area (TPSA) is 12.0 Å². The van der Waals surface area contributed by atoms with Gasteiger partial charge in [0.2, 0.25) is 0 Å². The molecule has 0 aromatic heterocycles. The number of nitrogens with one attached hydrogen (secondary N) is 1. The van der Waals surface area contributed by atoms with Gasteiger partial charge in [0.25, 0.3) is 0 Å². The van der Waals surface area contributed by atoms with E-state index in [-0.39, 0.29) is 0 Å². The molecule has 3 rings (SSSR count). The zero-order chi connectivity index (χ0) is 11.7. The van der Waals surface area contributed by atoms with Gasteiger partial charge < -0.3 is 5.32 Å². The van der Waals surface area contributed by atoms with Crippen LogP contribution in [0.2, 0.25) is 0 Å². The van der Waals surface area contributed by atoms with E-state index in [1.165, 1.54) is 27.7 Å². The molecule has 0 aliphatic heterocycles.